The van der Waals surface area contributed by atoms with Crippen molar-refractivity contribution in [1.82, 2.24) is 0 Å². The van der Waals surface area contributed by atoms with E-state index in [1.165, 1.54) is 0 Å². The van der Waals surface area contributed by atoms with Crippen LogP contribution in [0.2, 0.25) is 0 Å². The molecule has 0 bridgehead atoms. The second-order valence-electron chi connectivity index (χ2n) is 2.61. The van der Waals surface area contributed by atoms with Gasteiger partial charge in [0.15, 0.2) is 0 Å². The van der Waals surface area contributed by atoms with Crippen molar-refractivity contribution in [3.8, 4) is 0 Å². The molecular weight excluding hydrogens is 148 g/mol. The molecule has 0 aliphatic heterocycles. The van der Waals surface area contributed by atoms with Gasteiger partial charge in [-0.05, 0) is 31.9 Å². The first-order chi connectivity index (χ1) is 5.67. The van der Waals surface area contributed by atoms with Crippen molar-refractivity contribution in [3.63, 3.8) is 0 Å². The normalized spacial score (nSPS) is 11.9. The van der Waals surface area contributed by atoms with Crippen LogP contribution in [0.4, 0.5) is 0 Å². The molecule has 0 saturated carbocycles. The molecule has 12 heavy (non-hydrogen) atoms. The topological polar surface area (TPSA) is 9.23 Å². The lowest BCUT2D eigenvalue weighted by Crippen LogP contribution is -1.95. The quantitative estimate of drug-likeness (QED) is 0.449. The van der Waals surface area contributed by atoms with Gasteiger partial charge >= 0.3 is 0 Å². The summed E-state index contributed by atoms with van der Waals surface area (Å²) in [6.45, 7) is 14.3. The summed E-state index contributed by atoms with van der Waals surface area (Å²) in [6.07, 6.45) is 2.69. The molecule has 1 nitrogen and oxygen atoms in total. The summed E-state index contributed by atoms with van der Waals surface area (Å²) in [6, 6.07) is 0. The first kappa shape index (κ1) is 11.0. The van der Waals surface area contributed by atoms with Gasteiger partial charge in [-0.15, -0.1) is 0 Å². The van der Waals surface area contributed by atoms with Crippen LogP contribution in [0.25, 0.3) is 0 Å². The average Bonchev–Trinajstić information content (AvgIpc) is 2.03. The van der Waals surface area contributed by atoms with Crippen molar-refractivity contribution in [2.45, 2.75) is 27.2 Å². The maximum atomic E-state index is 5.41. The van der Waals surface area contributed by atoms with Crippen molar-refractivity contribution in [1.29, 1.82) is 0 Å². The third-order valence-corrected chi connectivity index (χ3v) is 1.65. The van der Waals surface area contributed by atoms with E-state index in [-0.39, 0.29) is 0 Å². The van der Waals surface area contributed by atoms with E-state index in [1.54, 1.807) is 6.08 Å². The highest BCUT2D eigenvalue weighted by molar-refractivity contribution is 5.33. The van der Waals surface area contributed by atoms with Crippen LogP contribution in [0.1, 0.15) is 27.2 Å². The Morgan fingerprint density at radius 1 is 1.42 bits per heavy atom. The minimum absolute atomic E-state index is 0.679. The van der Waals surface area contributed by atoms with E-state index >= 15 is 0 Å². The molecule has 0 amide bonds. The molecule has 0 aromatic carbocycles. The van der Waals surface area contributed by atoms with Gasteiger partial charge in [-0.2, -0.15) is 0 Å². The molecule has 1 heteroatoms. The van der Waals surface area contributed by atoms with Gasteiger partial charge in [0.05, 0.1) is 6.61 Å². The molecule has 68 valence electrons. The zero-order valence-corrected chi connectivity index (χ0v) is 8.31. The van der Waals surface area contributed by atoms with Gasteiger partial charge in [0.1, 0.15) is 5.76 Å². The van der Waals surface area contributed by atoms with E-state index in [0.29, 0.717) is 6.61 Å². The molecule has 0 aromatic heterocycles. The smallest absolute Gasteiger partial charge is 0.122 e. The molecule has 0 atom stereocenters. The van der Waals surface area contributed by atoms with E-state index in [4.69, 9.17) is 4.74 Å². The van der Waals surface area contributed by atoms with Crippen LogP contribution < -0.4 is 0 Å². The summed E-state index contributed by atoms with van der Waals surface area (Å²) in [5, 5.41) is 0. The molecule has 0 fully saturated rings. The minimum Gasteiger partial charge on any atom is -0.494 e. The summed E-state index contributed by atoms with van der Waals surface area (Å²) in [5.74, 6) is 0.868. The molecular formula is C11H18O. The van der Waals surface area contributed by atoms with Gasteiger partial charge < -0.3 is 4.74 Å². The average molecular weight is 166 g/mol. The van der Waals surface area contributed by atoms with E-state index in [2.05, 4.69) is 20.1 Å². The summed E-state index contributed by atoms with van der Waals surface area (Å²) in [4.78, 5) is 0. The third-order valence-electron chi connectivity index (χ3n) is 1.65. The van der Waals surface area contributed by atoms with Crippen molar-refractivity contribution < 1.29 is 4.74 Å². The minimum atomic E-state index is 0.679. The zero-order valence-electron chi connectivity index (χ0n) is 8.31. The fraction of sp³-hybridized carbons (Fsp3) is 0.455. The Kier molecular flexibility index (Phi) is 5.18. The maximum Gasteiger partial charge on any atom is 0.122 e. The Morgan fingerprint density at radius 2 is 2.00 bits per heavy atom. The van der Waals surface area contributed by atoms with E-state index in [1.807, 2.05) is 13.8 Å². The van der Waals surface area contributed by atoms with Crippen molar-refractivity contribution in [3.05, 3.63) is 36.1 Å². The largest absolute Gasteiger partial charge is 0.494 e. The Labute approximate surface area is 75.4 Å². The van der Waals surface area contributed by atoms with E-state index in [0.717, 1.165) is 23.3 Å². The molecule has 0 radical (unpaired) electrons. The molecule has 0 rings (SSSR count). The lowest BCUT2D eigenvalue weighted by Gasteiger charge is -2.10. The van der Waals surface area contributed by atoms with Crippen LogP contribution in [0, 0.1) is 0 Å². The van der Waals surface area contributed by atoms with E-state index in [9.17, 15) is 0 Å². The van der Waals surface area contributed by atoms with Crippen LogP contribution >= 0.6 is 0 Å². The first-order valence-corrected chi connectivity index (χ1v) is 4.31. The molecule has 0 unspecified atom stereocenters. The highest BCUT2D eigenvalue weighted by Crippen LogP contribution is 2.18. The predicted octanol–water partition coefficient (Wildman–Crippen LogP) is 3.45. The van der Waals surface area contributed by atoms with Crippen LogP contribution in [0.5, 0.6) is 0 Å². The highest BCUT2D eigenvalue weighted by atomic mass is 16.5. The summed E-state index contributed by atoms with van der Waals surface area (Å²) in [7, 11) is 0. The second kappa shape index (κ2) is 5.64. The van der Waals surface area contributed by atoms with Crippen molar-refractivity contribution in [2.24, 2.45) is 0 Å². The zero-order chi connectivity index (χ0) is 9.56. The predicted molar refractivity (Wildman–Crippen MR) is 54.0 cm³/mol. The number of ether oxygens (including phenoxy) is 1. The van der Waals surface area contributed by atoms with Crippen LogP contribution in [0.3, 0.4) is 0 Å². The molecule has 0 saturated heterocycles. The van der Waals surface area contributed by atoms with E-state index < -0.39 is 0 Å². The summed E-state index contributed by atoms with van der Waals surface area (Å²) < 4.78 is 5.41. The van der Waals surface area contributed by atoms with Crippen molar-refractivity contribution in [2.75, 3.05) is 6.61 Å². The fourth-order valence-electron chi connectivity index (χ4n) is 1.11. The number of allylic oxidation sites excluding steroid dienone is 3. The van der Waals surface area contributed by atoms with Gasteiger partial charge in [0, 0.05) is 0 Å². The van der Waals surface area contributed by atoms with Gasteiger partial charge in [0.25, 0.3) is 0 Å². The Balaban J connectivity index is 4.73. The molecule has 0 spiro atoms. The van der Waals surface area contributed by atoms with Gasteiger partial charge in [0.2, 0.25) is 0 Å². The molecule has 0 heterocycles. The number of rotatable bonds is 5. The first-order valence-electron chi connectivity index (χ1n) is 4.31. The summed E-state index contributed by atoms with van der Waals surface area (Å²) >= 11 is 0. The second-order valence-corrected chi connectivity index (χ2v) is 2.61. The Hall–Kier alpha value is -0.980. The summed E-state index contributed by atoms with van der Waals surface area (Å²) in [5.41, 5.74) is 2.22. The van der Waals surface area contributed by atoms with Crippen LogP contribution in [-0.2, 0) is 4.74 Å². The molecule has 0 N–H and O–H groups in total. The lowest BCUT2D eigenvalue weighted by atomic mass is 10.1. The fourth-order valence-corrected chi connectivity index (χ4v) is 1.11. The van der Waals surface area contributed by atoms with Crippen molar-refractivity contribution >= 4 is 0 Å². The standard InChI is InChI=1S/C11H18O/c1-6-10(9(4)5)11(7-2)12-8-3/h7H,2,4,6,8H2,1,3,5H3/b11-10+. The maximum absolute atomic E-state index is 5.41. The number of hydrogen-bond acceptors (Lipinski definition) is 1. The van der Waals surface area contributed by atoms with Crippen LogP contribution in [0.15, 0.2) is 36.1 Å². The molecule has 0 aromatic rings. The van der Waals surface area contributed by atoms with Gasteiger partial charge in [-0.1, -0.05) is 25.7 Å². The number of hydrogen-bond donors (Lipinski definition) is 0. The molecule has 0 aliphatic carbocycles. The lowest BCUT2D eigenvalue weighted by molar-refractivity contribution is 0.239. The molecule has 0 aliphatic rings. The highest BCUT2D eigenvalue weighted by Gasteiger charge is 2.02. The van der Waals surface area contributed by atoms with Gasteiger partial charge in [-0.3, -0.25) is 0 Å². The third kappa shape index (κ3) is 2.95. The van der Waals surface area contributed by atoms with Gasteiger partial charge in [-0.25, -0.2) is 0 Å². The Bertz CT molecular complexity index is 199. The van der Waals surface area contributed by atoms with Crippen LogP contribution in [-0.4, -0.2) is 6.61 Å². The Morgan fingerprint density at radius 3 is 2.25 bits per heavy atom. The monoisotopic (exact) mass is 166 g/mol. The SMILES string of the molecule is C=C/C(OCC)=C(/CC)C(=C)C.